The molecular formula is C42H41Cl2N9. The molecule has 6 aromatic carbocycles. The van der Waals surface area contributed by atoms with E-state index in [0.29, 0.717) is 0 Å². The fourth-order valence-electron chi connectivity index (χ4n) is 6.29. The number of pyridine rings is 3. The topological polar surface area (TPSA) is 186 Å². The van der Waals surface area contributed by atoms with Crippen molar-refractivity contribution < 1.29 is 30.8 Å². The number of nitrogens with two attached hydrogens (primary N) is 6. The molecule has 0 unspecified atom stereocenters. The van der Waals surface area contributed by atoms with Crippen molar-refractivity contribution in [2.24, 2.45) is 7.05 Å². The minimum absolute atomic E-state index is 0. The van der Waals surface area contributed by atoms with Gasteiger partial charge in [-0.15, -0.1) is 0 Å². The third kappa shape index (κ3) is 7.82. The number of nitrogens with zero attached hydrogens (tertiary/aromatic N) is 3. The van der Waals surface area contributed by atoms with Crippen LogP contribution in [0, 0.1) is 13.8 Å². The molecular weight excluding hydrogens is 701 g/mol. The molecule has 53 heavy (non-hydrogen) atoms. The average Bonchev–Trinajstić information content (AvgIpc) is 3.09. The first-order valence-electron chi connectivity index (χ1n) is 16.5. The van der Waals surface area contributed by atoms with Crippen LogP contribution in [-0.4, -0.2) is 9.97 Å². The fraction of sp³-hybridized carbons (Fsp3) is 0.0714. The number of aromatic nitrogens is 3. The zero-order valence-corrected chi connectivity index (χ0v) is 31.0. The second kappa shape index (κ2) is 15.1. The van der Waals surface area contributed by atoms with Crippen molar-refractivity contribution in [1.29, 1.82) is 0 Å². The number of aryl methyl sites for hydroxylation is 3. The van der Waals surface area contributed by atoms with Crippen LogP contribution in [0.15, 0.2) is 115 Å². The van der Waals surface area contributed by atoms with Gasteiger partial charge in [-0.05, 0) is 116 Å². The normalized spacial score (nSPS) is 10.7. The van der Waals surface area contributed by atoms with Crippen LogP contribution in [-0.2, 0) is 7.05 Å². The lowest BCUT2D eigenvalue weighted by atomic mass is 10.1. The molecule has 9 nitrogen and oxygen atoms in total. The monoisotopic (exact) mass is 741 g/mol. The van der Waals surface area contributed by atoms with Crippen LogP contribution in [0.3, 0.4) is 0 Å². The molecule has 268 valence electrons. The molecule has 0 spiro atoms. The molecule has 0 amide bonds. The third-order valence-electron chi connectivity index (χ3n) is 9.19. The molecule has 0 fully saturated rings. The number of hydrogen-bond donors (Lipinski definition) is 6. The molecule has 3 aromatic heterocycles. The Morgan fingerprint density at radius 3 is 1.13 bits per heavy atom. The Labute approximate surface area is 320 Å². The first kappa shape index (κ1) is 38.0. The molecule has 0 radical (unpaired) electrons. The van der Waals surface area contributed by atoms with Crippen molar-refractivity contribution in [3.8, 4) is 0 Å². The number of halogens is 2. The zero-order chi connectivity index (χ0) is 36.0. The first-order valence-corrected chi connectivity index (χ1v) is 16.5. The summed E-state index contributed by atoms with van der Waals surface area (Å²) >= 11 is 0. The van der Waals surface area contributed by atoms with Crippen molar-refractivity contribution in [1.82, 2.24) is 9.97 Å². The molecule has 0 aliphatic rings. The highest BCUT2D eigenvalue weighted by molar-refractivity contribution is 5.97. The van der Waals surface area contributed by atoms with Crippen LogP contribution in [0.1, 0.15) is 12.6 Å². The van der Waals surface area contributed by atoms with E-state index in [2.05, 4.69) is 44.9 Å². The summed E-state index contributed by atoms with van der Waals surface area (Å²) in [5, 5.41) is 6.76. The molecule has 3 heterocycles. The van der Waals surface area contributed by atoms with Crippen molar-refractivity contribution in [3.63, 3.8) is 0 Å². The lowest BCUT2D eigenvalue weighted by molar-refractivity contribution is -0.617. The van der Waals surface area contributed by atoms with E-state index >= 15 is 0 Å². The van der Waals surface area contributed by atoms with E-state index in [1.165, 1.54) is 10.8 Å². The van der Waals surface area contributed by atoms with E-state index in [9.17, 15) is 0 Å². The minimum Gasteiger partial charge on any atom is -1.00 e. The third-order valence-corrected chi connectivity index (χ3v) is 9.19. The van der Waals surface area contributed by atoms with E-state index in [4.69, 9.17) is 34.4 Å². The molecule has 9 rings (SSSR count). The smallest absolute Gasteiger partial charge is 1.00 e. The summed E-state index contributed by atoms with van der Waals surface area (Å²) in [6.45, 7) is 4.01. The van der Waals surface area contributed by atoms with Crippen molar-refractivity contribution in [2.45, 2.75) is 13.8 Å². The Morgan fingerprint density at radius 2 is 0.717 bits per heavy atom. The number of benzene rings is 6. The molecule has 0 saturated heterocycles. The summed E-state index contributed by atoms with van der Waals surface area (Å²) in [6.07, 6.45) is 0. The van der Waals surface area contributed by atoms with Gasteiger partial charge in [0.15, 0.2) is 0 Å². The molecule has 0 atom stereocenters. The highest BCUT2D eigenvalue weighted by Crippen LogP contribution is 2.27. The number of fused-ring (bicyclic) bond motifs is 6. The lowest BCUT2D eigenvalue weighted by Crippen LogP contribution is -3.00. The highest BCUT2D eigenvalue weighted by Gasteiger charge is 2.12. The Morgan fingerprint density at radius 1 is 0.396 bits per heavy atom. The van der Waals surface area contributed by atoms with Gasteiger partial charge in [0.05, 0.1) is 22.1 Å². The first-order chi connectivity index (χ1) is 24.4. The van der Waals surface area contributed by atoms with E-state index in [-0.39, 0.29) is 26.2 Å². The van der Waals surface area contributed by atoms with Crippen molar-refractivity contribution in [3.05, 3.63) is 126 Å². The van der Waals surface area contributed by atoms with Crippen LogP contribution in [0.5, 0.6) is 0 Å². The number of rotatable bonds is 0. The van der Waals surface area contributed by atoms with Crippen LogP contribution < -0.4 is 63.8 Å². The molecule has 0 saturated carbocycles. The zero-order valence-electron chi connectivity index (χ0n) is 30.5. The summed E-state index contributed by atoms with van der Waals surface area (Å²) in [7, 11) is 2.03. The molecule has 0 bridgehead atoms. The molecule has 11 heteroatoms. The van der Waals surface area contributed by atoms with E-state index in [1.54, 1.807) is 0 Å². The Bertz CT molecular complexity index is 2580. The quantitative estimate of drug-likeness (QED) is 0.0772. The van der Waals surface area contributed by atoms with Crippen LogP contribution in [0.25, 0.3) is 65.4 Å². The van der Waals surface area contributed by atoms with Gasteiger partial charge in [-0.25, -0.2) is 9.97 Å². The van der Waals surface area contributed by atoms with Gasteiger partial charge >= 0.3 is 1.43 Å². The lowest BCUT2D eigenvalue weighted by Gasteiger charge is -2.07. The Hall–Kier alpha value is -6.29. The van der Waals surface area contributed by atoms with Crippen LogP contribution in [0.2, 0.25) is 0 Å². The van der Waals surface area contributed by atoms with Crippen molar-refractivity contribution in [2.75, 3.05) is 34.4 Å². The van der Waals surface area contributed by atoms with E-state index in [1.807, 2.05) is 106 Å². The van der Waals surface area contributed by atoms with E-state index in [0.717, 1.165) is 99.9 Å². The molecule has 9 aromatic rings. The van der Waals surface area contributed by atoms with Gasteiger partial charge in [0.25, 0.3) is 0 Å². The summed E-state index contributed by atoms with van der Waals surface area (Å²) in [5.41, 5.74) is 47.5. The minimum atomic E-state index is 0. The summed E-state index contributed by atoms with van der Waals surface area (Å²) in [5.74, 6) is 0. The predicted octanol–water partition coefficient (Wildman–Crippen LogP) is 1.82. The maximum Gasteiger partial charge on any atom is 1.00 e. The molecule has 0 aliphatic heterocycles. The summed E-state index contributed by atoms with van der Waals surface area (Å²) in [6, 6.07) is 37.7. The maximum absolute atomic E-state index is 5.92. The van der Waals surface area contributed by atoms with Gasteiger partial charge in [0.2, 0.25) is 11.0 Å². The molecule has 0 aliphatic carbocycles. The second-order valence-electron chi connectivity index (χ2n) is 13.0. The van der Waals surface area contributed by atoms with Crippen LogP contribution in [0.4, 0.5) is 34.1 Å². The highest BCUT2D eigenvalue weighted by atomic mass is 35.5. The summed E-state index contributed by atoms with van der Waals surface area (Å²) in [4.78, 5) is 9.16. The SMILES string of the molecule is C[n+]1c2cc(N)ccc2cc2ccc(N)cc21.Cc1cc2cc3cc(C)c(N)cc3nc2cc1N.Nc1ccc2cc3ccc(N)cc3nc2c1.[Cl-].[Cl-].[H+]. The van der Waals surface area contributed by atoms with Crippen molar-refractivity contribution >= 4 is 99.5 Å². The van der Waals surface area contributed by atoms with Gasteiger partial charge < -0.3 is 59.2 Å². The fourth-order valence-corrected chi connectivity index (χ4v) is 6.29. The molecule has 12 N–H and O–H groups in total. The number of nitrogen functional groups attached to an aromatic ring is 6. The predicted molar refractivity (Wildman–Crippen MR) is 218 cm³/mol. The van der Waals surface area contributed by atoms with Gasteiger partial charge in [-0.1, -0.05) is 12.1 Å². The standard InChI is InChI=1S/C15H15N3.C14H13N3.C13H11N3.2ClH/c1-8-3-10-5-11-4-9(2)13(17)7-15(11)18-14(10)6-12(8)16;1-17-13-7-11(15)4-2-9(13)6-10-3-5-12(16)8-14(10)17;14-10-3-1-8-5-9-2-4-11(15)7-13(9)16-12(8)6-10;;/h3-7H,16-17H2,1-2H3;2-8H,1H3,(H3,15,16);1-7H,14-15H2;2*1H. The van der Waals surface area contributed by atoms with Gasteiger partial charge in [0.1, 0.15) is 7.05 Å². The second-order valence-corrected chi connectivity index (χ2v) is 13.0. The van der Waals surface area contributed by atoms with Crippen LogP contribution >= 0.6 is 0 Å². The van der Waals surface area contributed by atoms with Gasteiger partial charge in [-0.2, -0.15) is 4.57 Å². The largest absolute Gasteiger partial charge is 1.00 e. The number of hydrogen-bond acceptors (Lipinski definition) is 8. The van der Waals surface area contributed by atoms with Gasteiger partial charge in [0, 0.05) is 78.6 Å². The Kier molecular flexibility index (Phi) is 10.8. The maximum atomic E-state index is 5.92. The van der Waals surface area contributed by atoms with E-state index < -0.39 is 0 Å². The average molecular weight is 743 g/mol. The Balaban J connectivity index is 0.000000176. The van der Waals surface area contributed by atoms with Gasteiger partial charge in [-0.3, -0.25) is 0 Å². The summed E-state index contributed by atoms with van der Waals surface area (Å²) < 4.78 is 2.12. The number of anilines is 6.